The Balaban J connectivity index is 0. The summed E-state index contributed by atoms with van der Waals surface area (Å²) in [5, 5.41) is 0. The van der Waals surface area contributed by atoms with Crippen molar-refractivity contribution in [1.82, 2.24) is 0 Å². The molecule has 0 saturated heterocycles. The first-order chi connectivity index (χ1) is 0. The van der Waals surface area contributed by atoms with Crippen LogP contribution in [0.3, 0.4) is 0 Å². The molecule has 0 aromatic rings. The van der Waals surface area contributed by atoms with Gasteiger partial charge >= 0.3 is 0 Å². The fraction of sp³-hybridized carbons (Fsp3) is 0. The molecule has 177 valence electrons. The molecule has 0 saturated carbocycles. The maximum absolute atomic E-state index is 0. The van der Waals surface area contributed by atoms with Crippen LogP contribution in [0.5, 0.6) is 0 Å². The summed E-state index contributed by atoms with van der Waals surface area (Å²) in [6, 6.07) is 0. The summed E-state index contributed by atoms with van der Waals surface area (Å²) in [5.41, 5.74) is 0. The Hall–Kier alpha value is 65.1. The normalized spacial score (nSPS) is 0. The summed E-state index contributed by atoms with van der Waals surface area (Å²) < 4.78 is 0. The fourth-order valence-corrected chi connectivity index (χ4v) is 0. The summed E-state index contributed by atoms with van der Waals surface area (Å²) in [7, 11) is 0. The molecule has 0 amide bonds. The van der Waals surface area contributed by atoms with Crippen LogP contribution in [0.2, 0.25) is 0 Å². The van der Waals surface area contributed by atoms with E-state index in [-0.39, 0.29) is 1930 Å². The smallest absolute Gasteiger partial charge is 0 e. The van der Waals surface area contributed by atoms with Gasteiger partial charge in [0.2, 0.25) is 0 Å². The van der Waals surface area contributed by atoms with Crippen LogP contribution in [0.4, 0.5) is 0 Å². The van der Waals surface area contributed by atoms with Crippen molar-refractivity contribution in [3.63, 3.8) is 0 Å². The Kier molecular flexibility index (Phi) is 3260. The molecule has 0 heterocycles. The SMILES string of the molecule is [Y].[Y].[Y].[Y].[Y].[Y].[Y].[Y].[Y].[Y].[Y].[Y].[Y].[Y].[Y].[Y].[Y].[Y].[Y].[Y].[Y].[Y].[Y].[Y].[Y].[Y].[Y].[Y].[Y].[Y].[Y].[Y].[Y].[Y].[Y].[Y].[Y].[Y].[Y].[Y].[Y].[Y].[Y].[Y].[Y].[Y].[Y].[Y].[Y].[Y].[Y].[Y].[Y].[Y].[Y].[Y].[Y].[Y].[Y]. The average molecular weight is 5250 g/mol. The molecule has 0 nitrogen and oxygen atoms in total. The molecule has 0 aliphatic heterocycles. The van der Waals surface area contributed by atoms with Gasteiger partial charge in [-0.2, -0.15) is 0 Å². The second-order valence-corrected chi connectivity index (χ2v) is 0. The van der Waals surface area contributed by atoms with Crippen LogP contribution in [-0.2, 0) is 1930 Å². The second-order valence-electron chi connectivity index (χ2n) is 0. The molecule has 59 heavy (non-hydrogen) atoms. The molecular weight excluding hydrogens is 5250 g/mol. The van der Waals surface area contributed by atoms with E-state index < -0.39 is 0 Å². The first kappa shape index (κ1) is 444. The van der Waals surface area contributed by atoms with Crippen molar-refractivity contribution in [2.24, 2.45) is 0 Å². The molecule has 0 atom stereocenters. The van der Waals surface area contributed by atoms with E-state index in [4.69, 9.17) is 0 Å². The molecule has 0 N–H and O–H groups in total. The Morgan fingerprint density at radius 1 is 0.0169 bits per heavy atom. The van der Waals surface area contributed by atoms with E-state index in [2.05, 4.69) is 0 Å². The van der Waals surface area contributed by atoms with Crippen molar-refractivity contribution in [2.75, 3.05) is 0 Å². The molecule has 59 radical (unpaired) electrons. The van der Waals surface area contributed by atoms with Gasteiger partial charge in [0.1, 0.15) is 0 Å². The Bertz CT molecular complexity index is 0. The van der Waals surface area contributed by atoms with Crippen molar-refractivity contribution in [2.45, 2.75) is 0 Å². The molecule has 0 aromatic carbocycles. The van der Waals surface area contributed by atoms with E-state index in [0.717, 1.165) is 0 Å². The van der Waals surface area contributed by atoms with Crippen LogP contribution in [0.15, 0.2) is 0 Å². The minimum absolute atomic E-state index is 0. The minimum atomic E-state index is 0. The van der Waals surface area contributed by atoms with Gasteiger partial charge in [-0.15, -0.1) is 0 Å². The quantitative estimate of drug-likeness (QED) is 0.318. The number of rotatable bonds is 0. The average Bonchev–Trinajstić information content (AvgIpc) is 0. The molecule has 0 fully saturated rings. The number of hydrogen-bond acceptors (Lipinski definition) is 0. The zero-order valence-corrected chi connectivity index (χ0v) is 202. The molecule has 0 aromatic heterocycles. The van der Waals surface area contributed by atoms with Crippen molar-refractivity contribution in [3.8, 4) is 0 Å². The Morgan fingerprint density at radius 3 is 0.0169 bits per heavy atom. The predicted octanol–water partition coefficient (Wildman–Crippen LogP) is -0.148. The minimum Gasteiger partial charge on any atom is 0 e. The van der Waals surface area contributed by atoms with Gasteiger partial charge in [-0.05, 0) is 0 Å². The summed E-state index contributed by atoms with van der Waals surface area (Å²) in [4.78, 5) is 0. The van der Waals surface area contributed by atoms with Gasteiger partial charge in [-0.25, -0.2) is 0 Å². The fourth-order valence-electron chi connectivity index (χ4n) is 0. The molecule has 0 unspecified atom stereocenters. The third-order valence-corrected chi connectivity index (χ3v) is 0. The standard InChI is InChI=1S/59Y. The van der Waals surface area contributed by atoms with Crippen LogP contribution < -0.4 is 0 Å². The van der Waals surface area contributed by atoms with Gasteiger partial charge in [0.05, 0.1) is 0 Å². The van der Waals surface area contributed by atoms with E-state index in [1.165, 1.54) is 0 Å². The number of hydrogen-bond donors (Lipinski definition) is 0. The Labute approximate surface area is 1850 Å². The molecular formula is Y59. The van der Waals surface area contributed by atoms with E-state index in [9.17, 15) is 0 Å². The third-order valence-electron chi connectivity index (χ3n) is 0. The summed E-state index contributed by atoms with van der Waals surface area (Å²) >= 11 is 0. The van der Waals surface area contributed by atoms with Gasteiger partial charge in [0.15, 0.2) is 0 Å². The van der Waals surface area contributed by atoms with Crippen LogP contribution in [0, 0.1) is 0 Å². The zero-order valence-electron chi connectivity index (χ0n) is 34.1. The zero-order chi connectivity index (χ0) is 0. The van der Waals surface area contributed by atoms with Gasteiger partial charge in [-0.1, -0.05) is 0 Å². The van der Waals surface area contributed by atoms with Gasteiger partial charge in [0.25, 0.3) is 0 Å². The first-order valence-electron chi connectivity index (χ1n) is 0. The van der Waals surface area contributed by atoms with E-state index in [1.54, 1.807) is 0 Å². The van der Waals surface area contributed by atoms with E-state index in [0.29, 0.717) is 0 Å². The molecule has 59 heteroatoms. The van der Waals surface area contributed by atoms with Crippen molar-refractivity contribution in [3.05, 3.63) is 0 Å². The van der Waals surface area contributed by atoms with Gasteiger partial charge in [0, 0.05) is 1930 Å². The molecule has 0 rings (SSSR count). The molecule has 0 bridgehead atoms. The molecule has 0 aliphatic carbocycles. The maximum atomic E-state index is 0. The molecule has 0 aliphatic rings. The molecule has 0 spiro atoms. The summed E-state index contributed by atoms with van der Waals surface area (Å²) in [5.74, 6) is 0. The van der Waals surface area contributed by atoms with Crippen molar-refractivity contribution >= 4 is 0 Å². The van der Waals surface area contributed by atoms with E-state index >= 15 is 0 Å². The monoisotopic (exact) mass is 5250 g/mol. The van der Waals surface area contributed by atoms with Crippen LogP contribution in [-0.4, -0.2) is 0 Å². The summed E-state index contributed by atoms with van der Waals surface area (Å²) in [6.45, 7) is 0. The third kappa shape index (κ3) is 426. The van der Waals surface area contributed by atoms with Crippen LogP contribution in [0.25, 0.3) is 0 Å². The Morgan fingerprint density at radius 2 is 0.0169 bits per heavy atom. The van der Waals surface area contributed by atoms with Gasteiger partial charge in [-0.3, -0.25) is 0 Å². The summed E-state index contributed by atoms with van der Waals surface area (Å²) in [6.07, 6.45) is 0. The van der Waals surface area contributed by atoms with Crippen molar-refractivity contribution in [1.29, 1.82) is 0 Å². The second kappa shape index (κ2) is 433. The topological polar surface area (TPSA) is 0 Å². The maximum Gasteiger partial charge on any atom is 0 e. The largest absolute Gasteiger partial charge is 0 e. The van der Waals surface area contributed by atoms with Crippen LogP contribution in [0.1, 0.15) is 0 Å². The van der Waals surface area contributed by atoms with Crippen LogP contribution >= 0.6 is 0 Å². The van der Waals surface area contributed by atoms with Crippen molar-refractivity contribution < 1.29 is 1930 Å². The predicted molar refractivity (Wildman–Crippen MR) is 0 cm³/mol. The first-order valence-corrected chi connectivity index (χ1v) is 0. The van der Waals surface area contributed by atoms with E-state index in [1.807, 2.05) is 0 Å². The van der Waals surface area contributed by atoms with Gasteiger partial charge < -0.3 is 0 Å².